The molecule has 1 aromatic rings. The zero-order valence-corrected chi connectivity index (χ0v) is 20.4. The minimum absolute atomic E-state index is 0.129. The lowest BCUT2D eigenvalue weighted by Gasteiger charge is -2.45. The molecule has 1 aliphatic carbocycles. The Hall–Kier alpha value is -2.76. The number of likely N-dealkylation sites (tertiary alicyclic amines) is 1. The van der Waals surface area contributed by atoms with Crippen LogP contribution in [-0.2, 0) is 15.8 Å². The molecule has 190 valence electrons. The molecule has 6 nitrogen and oxygen atoms in total. The molecule has 3 aliphatic rings. The van der Waals surface area contributed by atoms with Crippen molar-refractivity contribution in [1.82, 2.24) is 10.2 Å². The van der Waals surface area contributed by atoms with E-state index in [9.17, 15) is 22.8 Å². The van der Waals surface area contributed by atoms with Gasteiger partial charge in [0.2, 0.25) is 11.8 Å². The molecule has 2 aliphatic heterocycles. The van der Waals surface area contributed by atoms with Gasteiger partial charge in [-0.05, 0) is 43.9 Å². The molecule has 0 bridgehead atoms. The average molecular weight is 491 g/mol. The Kier molecular flexibility index (Phi) is 6.78. The van der Waals surface area contributed by atoms with Crippen molar-refractivity contribution in [1.29, 1.82) is 5.26 Å². The maximum atomic E-state index is 13.5. The van der Waals surface area contributed by atoms with Gasteiger partial charge in [-0.2, -0.15) is 18.4 Å². The Labute approximate surface area is 204 Å². The van der Waals surface area contributed by atoms with Gasteiger partial charge in [0.15, 0.2) is 0 Å². The maximum absolute atomic E-state index is 13.5. The number of nitrogens with one attached hydrogen (secondary N) is 1. The zero-order valence-electron chi connectivity index (χ0n) is 20.4. The SMILES string of the molecule is CNC(=O)C1CN(c2ccc(C#N)c(C(F)(F)F)c2)CC12CCN(C(=O)C1(C)CCCCC1)CC2. The van der Waals surface area contributed by atoms with E-state index in [2.05, 4.69) is 12.2 Å². The number of alkyl halides is 3. The molecule has 2 saturated heterocycles. The third kappa shape index (κ3) is 4.72. The molecule has 1 spiro atoms. The van der Waals surface area contributed by atoms with Crippen molar-refractivity contribution in [3.8, 4) is 6.07 Å². The standard InChI is InChI=1S/C26H33F3N4O2/c1-24(8-4-3-5-9-24)23(35)32-12-10-25(11-13-32)17-33(16-21(25)22(34)31-2)19-7-6-18(15-30)20(14-19)26(27,28)29/h6-7,14,21H,3-5,8-13,16-17H2,1-2H3,(H,31,34). The molecule has 1 unspecified atom stereocenters. The summed E-state index contributed by atoms with van der Waals surface area (Å²) < 4.78 is 40.6. The number of halogens is 3. The predicted molar refractivity (Wildman–Crippen MR) is 125 cm³/mol. The van der Waals surface area contributed by atoms with Crippen LogP contribution in [-0.4, -0.2) is 49.9 Å². The lowest BCUT2D eigenvalue weighted by atomic mass is 9.69. The van der Waals surface area contributed by atoms with Crippen LogP contribution in [0.3, 0.4) is 0 Å². The van der Waals surface area contributed by atoms with Gasteiger partial charge in [-0.3, -0.25) is 9.59 Å². The Morgan fingerprint density at radius 2 is 1.77 bits per heavy atom. The van der Waals surface area contributed by atoms with Gasteiger partial charge in [0.05, 0.1) is 23.1 Å². The Bertz CT molecular complexity index is 1020. The second-order valence-corrected chi connectivity index (χ2v) is 10.7. The molecule has 0 aromatic heterocycles. The topological polar surface area (TPSA) is 76.4 Å². The fourth-order valence-corrected chi connectivity index (χ4v) is 6.35. The number of nitrogens with zero attached hydrogens (tertiary/aromatic N) is 3. The maximum Gasteiger partial charge on any atom is 0.417 e. The molecule has 1 N–H and O–H groups in total. The van der Waals surface area contributed by atoms with Crippen LogP contribution < -0.4 is 10.2 Å². The van der Waals surface area contributed by atoms with Crippen LogP contribution in [0, 0.1) is 28.1 Å². The third-order valence-corrected chi connectivity index (χ3v) is 8.52. The van der Waals surface area contributed by atoms with E-state index < -0.39 is 22.7 Å². The summed E-state index contributed by atoms with van der Waals surface area (Å²) in [6.07, 6.45) is 1.74. The average Bonchev–Trinajstić information content (AvgIpc) is 3.21. The number of piperidine rings is 1. The highest BCUT2D eigenvalue weighted by molar-refractivity contribution is 5.83. The van der Waals surface area contributed by atoms with Crippen LogP contribution in [0.1, 0.15) is 63.0 Å². The number of hydrogen-bond acceptors (Lipinski definition) is 4. The first-order valence-electron chi connectivity index (χ1n) is 12.4. The number of benzene rings is 1. The van der Waals surface area contributed by atoms with Gasteiger partial charge in [-0.1, -0.05) is 26.2 Å². The highest BCUT2D eigenvalue weighted by Crippen LogP contribution is 2.48. The van der Waals surface area contributed by atoms with Crippen molar-refractivity contribution in [2.45, 2.75) is 58.0 Å². The van der Waals surface area contributed by atoms with Crippen molar-refractivity contribution in [2.24, 2.45) is 16.7 Å². The van der Waals surface area contributed by atoms with E-state index in [0.29, 0.717) is 44.7 Å². The predicted octanol–water partition coefficient (Wildman–Crippen LogP) is 4.34. The van der Waals surface area contributed by atoms with Crippen LogP contribution in [0.25, 0.3) is 0 Å². The Balaban J connectivity index is 1.55. The summed E-state index contributed by atoms with van der Waals surface area (Å²) in [5, 5.41) is 11.8. The van der Waals surface area contributed by atoms with Gasteiger partial charge in [-0.15, -0.1) is 0 Å². The molecule has 1 saturated carbocycles. The fourth-order valence-electron chi connectivity index (χ4n) is 6.35. The second kappa shape index (κ2) is 9.36. The van der Waals surface area contributed by atoms with Crippen molar-refractivity contribution in [3.63, 3.8) is 0 Å². The summed E-state index contributed by atoms with van der Waals surface area (Å²) in [5.74, 6) is -0.323. The molecule has 4 rings (SSSR count). The van der Waals surface area contributed by atoms with Gasteiger partial charge in [-0.25, -0.2) is 0 Å². The summed E-state index contributed by atoms with van der Waals surface area (Å²) in [6, 6.07) is 5.36. The van der Waals surface area contributed by atoms with E-state index in [0.717, 1.165) is 31.7 Å². The molecule has 3 fully saturated rings. The van der Waals surface area contributed by atoms with Crippen molar-refractivity contribution < 1.29 is 22.8 Å². The summed E-state index contributed by atoms with van der Waals surface area (Å²) in [5.41, 5.74) is -1.76. The van der Waals surface area contributed by atoms with Crippen LogP contribution in [0.5, 0.6) is 0 Å². The highest BCUT2D eigenvalue weighted by Gasteiger charge is 2.52. The summed E-state index contributed by atoms with van der Waals surface area (Å²) in [6.45, 7) is 3.91. The van der Waals surface area contributed by atoms with Gasteiger partial charge >= 0.3 is 6.18 Å². The number of rotatable bonds is 3. The van der Waals surface area contributed by atoms with Gasteiger partial charge < -0.3 is 15.1 Å². The minimum Gasteiger partial charge on any atom is -0.370 e. The van der Waals surface area contributed by atoms with Gasteiger partial charge in [0, 0.05) is 49.7 Å². The van der Waals surface area contributed by atoms with Crippen molar-refractivity contribution in [2.75, 3.05) is 38.1 Å². The van der Waals surface area contributed by atoms with Crippen LogP contribution >= 0.6 is 0 Å². The number of carbonyl (C=O) groups excluding carboxylic acids is 2. The molecule has 2 heterocycles. The van der Waals surface area contributed by atoms with E-state index in [-0.39, 0.29) is 23.1 Å². The largest absolute Gasteiger partial charge is 0.417 e. The lowest BCUT2D eigenvalue weighted by molar-refractivity contribution is -0.146. The number of amides is 2. The van der Waals surface area contributed by atoms with E-state index >= 15 is 0 Å². The lowest BCUT2D eigenvalue weighted by Crippen LogP contribution is -2.52. The Morgan fingerprint density at radius 3 is 2.34 bits per heavy atom. The van der Waals surface area contributed by atoms with E-state index in [1.165, 1.54) is 18.6 Å². The number of anilines is 1. The normalized spacial score (nSPS) is 23.7. The smallest absolute Gasteiger partial charge is 0.370 e. The van der Waals surface area contributed by atoms with Crippen LogP contribution in [0.4, 0.5) is 18.9 Å². The van der Waals surface area contributed by atoms with Crippen molar-refractivity contribution in [3.05, 3.63) is 29.3 Å². The summed E-state index contributed by atoms with van der Waals surface area (Å²) >= 11 is 0. The summed E-state index contributed by atoms with van der Waals surface area (Å²) in [7, 11) is 1.57. The first-order valence-corrected chi connectivity index (χ1v) is 12.4. The molecule has 1 aromatic carbocycles. The quantitative estimate of drug-likeness (QED) is 0.684. The fraction of sp³-hybridized carbons (Fsp3) is 0.654. The molecule has 1 atom stereocenters. The van der Waals surface area contributed by atoms with Crippen LogP contribution in [0.15, 0.2) is 18.2 Å². The number of hydrogen-bond donors (Lipinski definition) is 1. The molecule has 2 amide bonds. The molecular weight excluding hydrogens is 457 g/mol. The highest BCUT2D eigenvalue weighted by atomic mass is 19.4. The number of nitriles is 1. The third-order valence-electron chi connectivity index (χ3n) is 8.52. The molecule has 35 heavy (non-hydrogen) atoms. The first-order chi connectivity index (χ1) is 16.5. The molecule has 9 heteroatoms. The van der Waals surface area contributed by atoms with E-state index in [4.69, 9.17) is 5.26 Å². The van der Waals surface area contributed by atoms with Gasteiger partial charge in [0.25, 0.3) is 0 Å². The van der Waals surface area contributed by atoms with Crippen LogP contribution in [0.2, 0.25) is 0 Å². The second-order valence-electron chi connectivity index (χ2n) is 10.7. The Morgan fingerprint density at radius 1 is 1.11 bits per heavy atom. The van der Waals surface area contributed by atoms with E-state index in [1.807, 2.05) is 9.80 Å². The monoisotopic (exact) mass is 490 g/mol. The molecular formula is C26H33F3N4O2. The molecule has 0 radical (unpaired) electrons. The number of carbonyl (C=O) groups is 2. The van der Waals surface area contributed by atoms with E-state index in [1.54, 1.807) is 13.1 Å². The minimum atomic E-state index is -4.64. The summed E-state index contributed by atoms with van der Waals surface area (Å²) in [4.78, 5) is 30.0. The zero-order chi connectivity index (χ0) is 25.4. The van der Waals surface area contributed by atoms with Gasteiger partial charge in [0.1, 0.15) is 0 Å². The van der Waals surface area contributed by atoms with Crippen molar-refractivity contribution >= 4 is 17.5 Å². The first kappa shape index (κ1) is 25.3.